The molecule has 0 saturated carbocycles. The summed E-state index contributed by atoms with van der Waals surface area (Å²) in [6.45, 7) is 17.4. The Morgan fingerprint density at radius 2 is 0.957 bits per heavy atom. The topological polar surface area (TPSA) is 137 Å². The van der Waals surface area contributed by atoms with Gasteiger partial charge in [-0.1, -0.05) is 312 Å². The Balaban J connectivity index is 1.59. The second-order valence-corrected chi connectivity index (χ2v) is 34.0. The number of benzene rings is 4. The van der Waals surface area contributed by atoms with Gasteiger partial charge in [0.25, 0.3) is 5.91 Å². The normalized spacial score (nSPS) is 17.5. The van der Waals surface area contributed by atoms with Crippen molar-refractivity contribution in [3.05, 3.63) is 132 Å². The molecule has 1 N–H and O–H groups in total. The molecule has 528 valence electrons. The molecule has 0 radical (unpaired) electrons. The fourth-order valence-corrected chi connectivity index (χ4v) is 14.3. The monoisotopic (exact) mass is 1350 g/mol. The molecular weight excluding hydrogens is 1220 g/mol. The second-order valence-electron chi connectivity index (χ2n) is 27.7. The second kappa shape index (κ2) is 45.2. The summed E-state index contributed by atoms with van der Waals surface area (Å²) >= 11 is 0. The number of phosphoric acid groups is 1. The zero-order valence-corrected chi connectivity index (χ0v) is 60.9. The van der Waals surface area contributed by atoms with Crippen LogP contribution in [0, 0.1) is 0 Å². The molecule has 94 heavy (non-hydrogen) atoms. The molecule has 12 nitrogen and oxygen atoms in total. The highest BCUT2D eigenvalue weighted by Gasteiger charge is 2.57. The van der Waals surface area contributed by atoms with E-state index in [1.165, 1.54) is 103 Å². The van der Waals surface area contributed by atoms with Gasteiger partial charge in [0.1, 0.15) is 29.8 Å². The molecule has 1 heterocycles. The summed E-state index contributed by atoms with van der Waals surface area (Å²) < 4.78 is 104. The molecule has 0 spiro atoms. The van der Waals surface area contributed by atoms with E-state index >= 15 is 18.1 Å². The van der Waals surface area contributed by atoms with Gasteiger partial charge in [-0.2, -0.15) is 8.78 Å². The van der Waals surface area contributed by atoms with E-state index in [0.29, 0.717) is 30.6 Å². The molecule has 0 aliphatic carbocycles. The molecule has 1 aliphatic rings. The summed E-state index contributed by atoms with van der Waals surface area (Å²) in [6, 6.07) is 33.6. The third-order valence-electron chi connectivity index (χ3n) is 18.7. The highest BCUT2D eigenvalue weighted by molar-refractivity contribution is 7.49. The highest BCUT2D eigenvalue weighted by Crippen LogP contribution is 2.53. The van der Waals surface area contributed by atoms with Crippen LogP contribution >= 0.6 is 7.82 Å². The smallest absolute Gasteiger partial charge is 0.451 e. The molecule has 6 atom stereocenters. The van der Waals surface area contributed by atoms with Crippen LogP contribution < -0.4 is 14.4 Å². The number of carbonyl (C=O) groups excluding carboxylic acids is 2. The van der Waals surface area contributed by atoms with Crippen LogP contribution in [0.15, 0.2) is 121 Å². The SMILES string of the molecule is CCCCCCCCCCCCO[C@H](CCCCCCCCCCC)CCO[C@@H]1[C@@H](NC(=O)C(F)(F)CCCCCCCCCCCC)[C@@H](C(=O)OC(c2ccccc2)c2ccccc2)O[C@H](CO[Si](C)(C)C(C)(C)C)[C@H]1OP(=O)(Oc1ccccc1)Oc1ccccc1. The predicted molar refractivity (Wildman–Crippen MR) is 380 cm³/mol. The zero-order valence-electron chi connectivity index (χ0n) is 59.0. The van der Waals surface area contributed by atoms with Crippen molar-refractivity contribution in [2.45, 2.75) is 314 Å². The largest absolute Gasteiger partial charge is 0.588 e. The minimum absolute atomic E-state index is 0.0381. The van der Waals surface area contributed by atoms with E-state index in [1.54, 1.807) is 60.7 Å². The number of rotatable bonds is 52. The average Bonchev–Trinajstić information content (AvgIpc) is 0.798. The molecule has 0 aromatic heterocycles. The van der Waals surface area contributed by atoms with E-state index in [4.69, 9.17) is 36.9 Å². The van der Waals surface area contributed by atoms with Gasteiger partial charge < -0.3 is 37.7 Å². The maximum Gasteiger partial charge on any atom is 0.588 e. The molecule has 1 amide bonds. The standard InChI is InChI=1S/C78H122F2NO11PSi/c1-9-12-15-18-21-24-27-30-33-48-60-78(79,80)76(83)81-70-73(86-62-59-66(54-43-32-29-26-23-20-17-14-11-3)85-61-49-34-31-28-25-22-19-16-13-10-2)72(92-93(84,90-67-55-44-37-45-56-67)91-68-57-46-38-47-58-68)69(63-87-94(7,8)77(4,5)6)88-74(70)75(82)89-71(64-50-39-35-40-51-64)65-52-41-36-42-53-65/h35-42,44-47,50-53,55-58,66,69-74H,9-34,43,48-49,54,59-63H2,1-8H3,(H,81,83)/t66-,69-,70-,72-,73-,74+/m1/s1. The van der Waals surface area contributed by atoms with Gasteiger partial charge in [-0.3, -0.25) is 9.32 Å². The van der Waals surface area contributed by atoms with Gasteiger partial charge in [-0.05, 0) is 79.2 Å². The Bertz CT molecular complexity index is 2550. The van der Waals surface area contributed by atoms with Crippen LogP contribution in [0.5, 0.6) is 11.5 Å². The number of phosphoric ester groups is 1. The van der Waals surface area contributed by atoms with Gasteiger partial charge in [0.2, 0.25) is 0 Å². The average molecular weight is 1350 g/mol. The summed E-state index contributed by atoms with van der Waals surface area (Å²) in [5.41, 5.74) is 1.28. The number of ether oxygens (including phenoxy) is 4. The molecular formula is C78H122F2NO11PSi. The molecule has 16 heteroatoms. The third-order valence-corrected chi connectivity index (χ3v) is 24.5. The molecule has 1 fully saturated rings. The summed E-state index contributed by atoms with van der Waals surface area (Å²) in [6.07, 6.45) is 24.6. The van der Waals surface area contributed by atoms with Crippen molar-refractivity contribution in [1.82, 2.24) is 5.32 Å². The van der Waals surface area contributed by atoms with E-state index in [9.17, 15) is 4.79 Å². The van der Waals surface area contributed by atoms with Gasteiger partial charge in [-0.15, -0.1) is 0 Å². The number of hydrogen-bond donors (Lipinski definition) is 1. The first kappa shape index (κ1) is 80.2. The van der Waals surface area contributed by atoms with E-state index in [2.05, 4.69) is 60.0 Å². The predicted octanol–water partition coefficient (Wildman–Crippen LogP) is 22.2. The van der Waals surface area contributed by atoms with Gasteiger partial charge >= 0.3 is 19.7 Å². The minimum Gasteiger partial charge on any atom is -0.451 e. The number of halogens is 2. The van der Waals surface area contributed by atoms with Crippen LogP contribution in [0.1, 0.15) is 264 Å². The van der Waals surface area contributed by atoms with E-state index in [0.717, 1.165) is 77.0 Å². The fraction of sp³-hybridized carbons (Fsp3) is 0.667. The first-order valence-electron chi connectivity index (χ1n) is 36.7. The summed E-state index contributed by atoms with van der Waals surface area (Å²) in [5, 5.41) is 2.32. The van der Waals surface area contributed by atoms with Crippen LogP contribution in [0.4, 0.5) is 8.78 Å². The Morgan fingerprint density at radius 1 is 0.543 bits per heavy atom. The molecule has 0 bridgehead atoms. The molecule has 4 aromatic carbocycles. The fourth-order valence-electron chi connectivity index (χ4n) is 11.8. The Morgan fingerprint density at radius 3 is 1.40 bits per heavy atom. The van der Waals surface area contributed by atoms with Crippen molar-refractivity contribution in [2.75, 3.05) is 19.8 Å². The van der Waals surface area contributed by atoms with Crippen molar-refractivity contribution in [2.24, 2.45) is 0 Å². The van der Waals surface area contributed by atoms with Crippen LogP contribution in [0.25, 0.3) is 0 Å². The minimum atomic E-state index is -4.90. The van der Waals surface area contributed by atoms with E-state index in [-0.39, 0.29) is 42.3 Å². The maximum atomic E-state index is 16.9. The quantitative estimate of drug-likeness (QED) is 0.0196. The Labute approximate surface area is 567 Å². The Hall–Kier alpha value is -4.47. The first-order valence-corrected chi connectivity index (χ1v) is 41.1. The number of alkyl halides is 2. The summed E-state index contributed by atoms with van der Waals surface area (Å²) in [7, 11) is -7.60. The zero-order chi connectivity index (χ0) is 67.8. The number of esters is 1. The van der Waals surface area contributed by atoms with Crippen LogP contribution in [0.3, 0.4) is 0 Å². The van der Waals surface area contributed by atoms with E-state index < -0.39 is 76.9 Å². The maximum absolute atomic E-state index is 16.9. The number of carbonyl (C=O) groups is 2. The summed E-state index contributed by atoms with van der Waals surface area (Å²) in [4.78, 5) is 30.4. The third kappa shape index (κ3) is 30.5. The lowest BCUT2D eigenvalue weighted by atomic mass is 9.91. The van der Waals surface area contributed by atoms with E-state index in [1.807, 2.05) is 60.7 Å². The van der Waals surface area contributed by atoms with Crippen LogP contribution in [0.2, 0.25) is 18.1 Å². The van der Waals surface area contributed by atoms with Gasteiger partial charge in [-0.25, -0.2) is 9.36 Å². The lowest BCUT2D eigenvalue weighted by Crippen LogP contribution is -2.69. The molecule has 5 rings (SSSR count). The molecule has 1 aliphatic heterocycles. The number of unbranched alkanes of at least 4 members (excludes halogenated alkanes) is 26. The number of nitrogens with one attached hydrogen (secondary N) is 1. The number of para-hydroxylation sites is 2. The highest BCUT2D eigenvalue weighted by atomic mass is 31.2. The first-order chi connectivity index (χ1) is 45.4. The van der Waals surface area contributed by atoms with Gasteiger partial charge in [0, 0.05) is 19.6 Å². The molecule has 1 saturated heterocycles. The molecule has 4 aromatic rings. The van der Waals surface area contributed by atoms with Crippen molar-refractivity contribution in [3.8, 4) is 11.5 Å². The van der Waals surface area contributed by atoms with Crippen molar-refractivity contribution in [1.29, 1.82) is 0 Å². The Kier molecular flexibility index (Phi) is 38.5. The van der Waals surface area contributed by atoms with Crippen LogP contribution in [-0.2, 0) is 42.1 Å². The number of amides is 1. The van der Waals surface area contributed by atoms with Crippen molar-refractivity contribution in [3.63, 3.8) is 0 Å². The van der Waals surface area contributed by atoms with Gasteiger partial charge in [0.05, 0.1) is 18.8 Å². The van der Waals surface area contributed by atoms with Crippen molar-refractivity contribution < 1.29 is 59.9 Å². The molecule has 0 unspecified atom stereocenters. The lowest BCUT2D eigenvalue weighted by Gasteiger charge is -2.47. The lowest BCUT2D eigenvalue weighted by molar-refractivity contribution is -0.218. The van der Waals surface area contributed by atoms with Gasteiger partial charge in [0.15, 0.2) is 20.5 Å². The van der Waals surface area contributed by atoms with Crippen LogP contribution in [-0.4, -0.2) is 82.5 Å². The van der Waals surface area contributed by atoms with Crippen molar-refractivity contribution >= 4 is 28.0 Å². The number of hydrogen-bond acceptors (Lipinski definition) is 11. The summed E-state index contributed by atoms with van der Waals surface area (Å²) in [5.74, 6) is -6.17.